The highest BCUT2D eigenvalue weighted by molar-refractivity contribution is 5.87. The van der Waals surface area contributed by atoms with Crippen molar-refractivity contribution in [2.75, 3.05) is 6.54 Å². The zero-order valence-corrected chi connectivity index (χ0v) is 17.8. The van der Waals surface area contributed by atoms with E-state index in [1.54, 1.807) is 12.3 Å². The topological polar surface area (TPSA) is 81.0 Å². The van der Waals surface area contributed by atoms with Crippen molar-refractivity contribution in [3.05, 3.63) is 46.0 Å². The molecule has 1 aliphatic heterocycles. The second-order valence-corrected chi connectivity index (χ2v) is 8.91. The third-order valence-electron chi connectivity index (χ3n) is 6.78. The molecule has 1 saturated carbocycles. The molecule has 0 radical (unpaired) electrons. The molecule has 4 rings (SSSR count). The van der Waals surface area contributed by atoms with Gasteiger partial charge in [-0.1, -0.05) is 32.8 Å². The molecule has 2 aromatic rings. The van der Waals surface area contributed by atoms with Crippen LogP contribution in [0.2, 0.25) is 0 Å². The van der Waals surface area contributed by atoms with E-state index in [2.05, 4.69) is 18.8 Å². The van der Waals surface area contributed by atoms with Gasteiger partial charge in [0.1, 0.15) is 12.3 Å². The van der Waals surface area contributed by atoms with Crippen LogP contribution in [0.1, 0.15) is 50.8 Å². The number of pyridine rings is 1. The van der Waals surface area contributed by atoms with Gasteiger partial charge in [0.05, 0.1) is 11.6 Å². The Morgan fingerprint density at radius 3 is 2.83 bits per heavy atom. The Kier molecular flexibility index (Phi) is 5.62. The van der Waals surface area contributed by atoms with E-state index in [0.29, 0.717) is 29.7 Å². The lowest BCUT2D eigenvalue weighted by Crippen LogP contribution is -2.45. The van der Waals surface area contributed by atoms with Crippen molar-refractivity contribution in [3.8, 4) is 0 Å². The summed E-state index contributed by atoms with van der Waals surface area (Å²) >= 11 is 0. The Hall–Kier alpha value is -2.70. The summed E-state index contributed by atoms with van der Waals surface area (Å²) in [6, 6.07) is 5.24. The molecule has 0 unspecified atom stereocenters. The Morgan fingerprint density at radius 2 is 2.03 bits per heavy atom. The number of esters is 1. The molecule has 2 fully saturated rings. The summed E-state index contributed by atoms with van der Waals surface area (Å²) in [7, 11) is 0. The zero-order chi connectivity index (χ0) is 21.4. The number of amides is 1. The number of likely N-dealkylation sites (tertiary alicyclic amines) is 1. The normalized spacial score (nSPS) is 26.9. The summed E-state index contributed by atoms with van der Waals surface area (Å²) in [5.41, 5.74) is 1.68. The fraction of sp³-hybridized carbons (Fsp3) is 0.565. The molecule has 7 heteroatoms. The van der Waals surface area contributed by atoms with Crippen LogP contribution in [0.25, 0.3) is 5.65 Å². The Bertz CT molecular complexity index is 1030. The van der Waals surface area contributed by atoms with Crippen LogP contribution in [-0.4, -0.2) is 38.7 Å². The Labute approximate surface area is 176 Å². The van der Waals surface area contributed by atoms with Crippen LogP contribution in [0.3, 0.4) is 0 Å². The van der Waals surface area contributed by atoms with Crippen LogP contribution in [0.15, 0.2) is 29.2 Å². The molecule has 3 heterocycles. The minimum atomic E-state index is -0.453. The monoisotopic (exact) mass is 411 g/mol. The number of hydrogen-bond acceptors (Lipinski definition) is 5. The molecule has 0 bridgehead atoms. The maximum absolute atomic E-state index is 12.6. The van der Waals surface area contributed by atoms with E-state index in [-0.39, 0.29) is 30.5 Å². The third kappa shape index (κ3) is 3.98. The molecule has 1 saturated heterocycles. The second kappa shape index (κ2) is 8.20. The summed E-state index contributed by atoms with van der Waals surface area (Å²) in [6.45, 7) is 6.71. The van der Waals surface area contributed by atoms with Gasteiger partial charge in [0.2, 0.25) is 5.91 Å². The number of aryl methyl sites for hydroxylation is 1. The maximum Gasteiger partial charge on any atom is 0.311 e. The number of fused-ring (bicyclic) bond motifs is 1. The quantitative estimate of drug-likeness (QED) is 0.723. The van der Waals surface area contributed by atoms with Crippen molar-refractivity contribution in [3.63, 3.8) is 0 Å². The lowest BCUT2D eigenvalue weighted by Gasteiger charge is -2.39. The van der Waals surface area contributed by atoms with Crippen molar-refractivity contribution in [2.24, 2.45) is 17.8 Å². The fourth-order valence-electron chi connectivity index (χ4n) is 4.80. The zero-order valence-electron chi connectivity index (χ0n) is 17.8. The van der Waals surface area contributed by atoms with Gasteiger partial charge in [0.15, 0.2) is 0 Å². The first-order valence-corrected chi connectivity index (χ1v) is 10.8. The second-order valence-electron chi connectivity index (χ2n) is 8.91. The van der Waals surface area contributed by atoms with E-state index in [0.717, 1.165) is 18.4 Å². The van der Waals surface area contributed by atoms with Crippen molar-refractivity contribution < 1.29 is 14.3 Å². The van der Waals surface area contributed by atoms with Gasteiger partial charge in [-0.3, -0.25) is 18.8 Å². The highest BCUT2D eigenvalue weighted by Crippen LogP contribution is 2.35. The average Bonchev–Trinajstić information content (AvgIpc) is 3.10. The number of hydrogen-bond donors (Lipinski definition) is 0. The molecular weight excluding hydrogens is 382 g/mol. The summed E-state index contributed by atoms with van der Waals surface area (Å²) in [4.78, 5) is 43.8. The number of aromatic nitrogens is 2. The Balaban J connectivity index is 1.40. The standard InChI is InChI=1S/C23H29N3O4/c1-14-7-8-20-24-18(10-22(28)26(20)11-14)13-30-23(29)17-9-21(27)25(12-17)19-6-4-5-15(2)16(19)3/h7-8,10-11,15-17,19H,4-6,9,12-13H2,1-3H3/t15-,16-,17-,19-/m0/s1. The van der Waals surface area contributed by atoms with E-state index >= 15 is 0 Å². The smallest absolute Gasteiger partial charge is 0.311 e. The van der Waals surface area contributed by atoms with E-state index in [1.807, 2.05) is 17.9 Å². The predicted octanol–water partition coefficient (Wildman–Crippen LogP) is 2.72. The number of ether oxygens (including phenoxy) is 1. The molecule has 160 valence electrons. The van der Waals surface area contributed by atoms with E-state index in [9.17, 15) is 14.4 Å². The molecule has 1 aliphatic carbocycles. The van der Waals surface area contributed by atoms with Gasteiger partial charge in [0, 0.05) is 31.3 Å². The minimum absolute atomic E-state index is 0.0420. The van der Waals surface area contributed by atoms with E-state index < -0.39 is 11.9 Å². The molecule has 1 amide bonds. The van der Waals surface area contributed by atoms with Gasteiger partial charge < -0.3 is 9.64 Å². The van der Waals surface area contributed by atoms with Gasteiger partial charge in [0.25, 0.3) is 5.56 Å². The van der Waals surface area contributed by atoms with Gasteiger partial charge in [-0.25, -0.2) is 4.98 Å². The SMILES string of the molecule is Cc1ccc2nc(COC(=O)[C@H]3CC(=O)N([C@H]4CCC[C@H](C)[C@@H]4C)C3)cc(=O)n2c1. The largest absolute Gasteiger partial charge is 0.459 e. The van der Waals surface area contributed by atoms with Gasteiger partial charge in [-0.05, 0) is 36.8 Å². The van der Waals surface area contributed by atoms with Crippen molar-refractivity contribution >= 4 is 17.5 Å². The summed E-state index contributed by atoms with van der Waals surface area (Å²) in [5.74, 6) is 0.222. The molecule has 2 aliphatic rings. The highest BCUT2D eigenvalue weighted by atomic mass is 16.5. The van der Waals surface area contributed by atoms with Crippen LogP contribution in [-0.2, 0) is 20.9 Å². The van der Waals surface area contributed by atoms with Crippen molar-refractivity contribution in [1.82, 2.24) is 14.3 Å². The maximum atomic E-state index is 12.6. The van der Waals surface area contributed by atoms with Crippen molar-refractivity contribution in [2.45, 2.75) is 59.1 Å². The molecule has 0 spiro atoms. The van der Waals surface area contributed by atoms with Crippen LogP contribution >= 0.6 is 0 Å². The fourth-order valence-corrected chi connectivity index (χ4v) is 4.80. The molecule has 4 atom stereocenters. The first-order chi connectivity index (χ1) is 14.3. The van der Waals surface area contributed by atoms with Gasteiger partial charge in [-0.15, -0.1) is 0 Å². The molecule has 0 aromatic carbocycles. The van der Waals surface area contributed by atoms with E-state index in [4.69, 9.17) is 4.74 Å². The average molecular weight is 412 g/mol. The summed E-state index contributed by atoms with van der Waals surface area (Å²) in [5, 5.41) is 0. The van der Waals surface area contributed by atoms with Crippen LogP contribution in [0.5, 0.6) is 0 Å². The Morgan fingerprint density at radius 1 is 1.23 bits per heavy atom. The number of carbonyl (C=O) groups excluding carboxylic acids is 2. The van der Waals surface area contributed by atoms with Crippen LogP contribution in [0.4, 0.5) is 0 Å². The first-order valence-electron chi connectivity index (χ1n) is 10.8. The molecular formula is C23H29N3O4. The van der Waals surface area contributed by atoms with Gasteiger partial charge >= 0.3 is 5.97 Å². The number of nitrogens with zero attached hydrogens (tertiary/aromatic N) is 3. The van der Waals surface area contributed by atoms with E-state index in [1.165, 1.54) is 16.9 Å². The van der Waals surface area contributed by atoms with Crippen LogP contribution < -0.4 is 5.56 Å². The molecule has 0 N–H and O–H groups in total. The summed E-state index contributed by atoms with van der Waals surface area (Å²) < 4.78 is 6.92. The molecule has 7 nitrogen and oxygen atoms in total. The molecule has 2 aromatic heterocycles. The van der Waals surface area contributed by atoms with Gasteiger partial charge in [-0.2, -0.15) is 0 Å². The lowest BCUT2D eigenvalue weighted by atomic mass is 9.77. The summed E-state index contributed by atoms with van der Waals surface area (Å²) in [6.07, 6.45) is 5.25. The molecule has 30 heavy (non-hydrogen) atoms. The predicted molar refractivity (Wildman–Crippen MR) is 112 cm³/mol. The van der Waals surface area contributed by atoms with Crippen LogP contribution in [0, 0.1) is 24.7 Å². The highest BCUT2D eigenvalue weighted by Gasteiger charge is 2.42. The lowest BCUT2D eigenvalue weighted by molar-refractivity contribution is -0.149. The first kappa shape index (κ1) is 20.6. The number of rotatable bonds is 4. The van der Waals surface area contributed by atoms with Crippen molar-refractivity contribution in [1.29, 1.82) is 0 Å². The third-order valence-corrected chi connectivity index (χ3v) is 6.78. The number of carbonyl (C=O) groups is 2. The minimum Gasteiger partial charge on any atom is -0.459 e.